The maximum atomic E-state index is 3.85. The van der Waals surface area contributed by atoms with Gasteiger partial charge in [-0.15, -0.1) is 0 Å². The highest BCUT2D eigenvalue weighted by molar-refractivity contribution is 9.11. The molecule has 100 valence electrons. The molecule has 2 rings (SSSR count). The Morgan fingerprint density at radius 1 is 0.789 bits per heavy atom. The van der Waals surface area contributed by atoms with Crippen molar-refractivity contribution >= 4 is 47.8 Å². The fourth-order valence-electron chi connectivity index (χ4n) is 2.13. The topological polar surface area (TPSA) is 0 Å². The summed E-state index contributed by atoms with van der Waals surface area (Å²) >= 11 is 11.0. The van der Waals surface area contributed by atoms with Gasteiger partial charge in [-0.3, -0.25) is 0 Å². The van der Waals surface area contributed by atoms with Crippen LogP contribution in [0.5, 0.6) is 0 Å². The Hall–Kier alpha value is -0.120. The number of hydrogen-bond acceptors (Lipinski definition) is 0. The second-order valence-corrected chi connectivity index (χ2v) is 7.51. The molecule has 1 unspecified atom stereocenters. The van der Waals surface area contributed by atoms with Crippen LogP contribution in [-0.2, 0) is 0 Å². The first kappa shape index (κ1) is 15.3. The van der Waals surface area contributed by atoms with E-state index in [9.17, 15) is 0 Å². The van der Waals surface area contributed by atoms with E-state index < -0.39 is 0 Å². The van der Waals surface area contributed by atoms with Crippen molar-refractivity contribution in [3.8, 4) is 0 Å². The zero-order chi connectivity index (χ0) is 14.2. The largest absolute Gasteiger partial charge is 0.0786 e. The predicted molar refractivity (Wildman–Crippen MR) is 93.3 cm³/mol. The summed E-state index contributed by atoms with van der Waals surface area (Å²) < 4.78 is 2.28. The van der Waals surface area contributed by atoms with Crippen molar-refractivity contribution in [2.75, 3.05) is 0 Å². The van der Waals surface area contributed by atoms with Crippen molar-refractivity contribution < 1.29 is 0 Å². The number of aryl methyl sites for hydroxylation is 3. The van der Waals surface area contributed by atoms with Crippen LogP contribution < -0.4 is 0 Å². The van der Waals surface area contributed by atoms with Crippen molar-refractivity contribution in [1.82, 2.24) is 0 Å². The first-order valence-electron chi connectivity index (χ1n) is 6.07. The molecule has 0 spiro atoms. The molecule has 0 saturated carbocycles. The van der Waals surface area contributed by atoms with Gasteiger partial charge in [-0.05, 0) is 66.8 Å². The molecule has 0 N–H and O–H groups in total. The number of halogens is 3. The monoisotopic (exact) mass is 444 g/mol. The van der Waals surface area contributed by atoms with Gasteiger partial charge in [-0.25, -0.2) is 0 Å². The Morgan fingerprint density at radius 3 is 2.11 bits per heavy atom. The van der Waals surface area contributed by atoms with Gasteiger partial charge in [0.15, 0.2) is 0 Å². The maximum Gasteiger partial charge on any atom is 0.0650 e. The Labute approximate surface area is 140 Å². The van der Waals surface area contributed by atoms with Crippen LogP contribution >= 0.6 is 47.8 Å². The first-order valence-corrected chi connectivity index (χ1v) is 8.57. The molecule has 2 aromatic carbocycles. The molecule has 0 radical (unpaired) electrons. The summed E-state index contributed by atoms with van der Waals surface area (Å²) in [6.45, 7) is 6.43. The van der Waals surface area contributed by atoms with Gasteiger partial charge in [-0.1, -0.05) is 59.9 Å². The van der Waals surface area contributed by atoms with Crippen LogP contribution in [0.25, 0.3) is 0 Å². The molecule has 19 heavy (non-hydrogen) atoms. The molecule has 0 aliphatic rings. The number of alkyl halides is 1. The molecule has 3 heteroatoms. The lowest BCUT2D eigenvalue weighted by Gasteiger charge is -2.18. The van der Waals surface area contributed by atoms with E-state index in [1.165, 1.54) is 32.3 Å². The second kappa shape index (κ2) is 6.11. The van der Waals surface area contributed by atoms with Crippen LogP contribution in [0.3, 0.4) is 0 Å². The number of rotatable bonds is 2. The molecule has 0 aliphatic carbocycles. The summed E-state index contributed by atoms with van der Waals surface area (Å²) in [5, 5.41) is 0. The summed E-state index contributed by atoms with van der Waals surface area (Å²) in [6, 6.07) is 10.9. The minimum absolute atomic E-state index is 0.219. The SMILES string of the molecule is Cc1cc(C(Br)c2cc(Br)ccc2C)c(C)cc1Br. The van der Waals surface area contributed by atoms with E-state index in [-0.39, 0.29) is 4.83 Å². The van der Waals surface area contributed by atoms with Crippen LogP contribution in [0.15, 0.2) is 39.3 Å². The molecule has 0 nitrogen and oxygen atoms in total. The van der Waals surface area contributed by atoms with Crippen molar-refractivity contribution in [2.24, 2.45) is 0 Å². The zero-order valence-corrected chi connectivity index (χ0v) is 15.9. The quantitative estimate of drug-likeness (QED) is 0.454. The highest BCUT2D eigenvalue weighted by Crippen LogP contribution is 2.37. The molecule has 2 aromatic rings. The Kier molecular flexibility index (Phi) is 4.91. The van der Waals surface area contributed by atoms with Crippen LogP contribution in [0.1, 0.15) is 32.6 Å². The van der Waals surface area contributed by atoms with Crippen molar-refractivity contribution in [2.45, 2.75) is 25.6 Å². The van der Waals surface area contributed by atoms with Crippen molar-refractivity contribution in [1.29, 1.82) is 0 Å². The van der Waals surface area contributed by atoms with E-state index in [0.29, 0.717) is 0 Å². The van der Waals surface area contributed by atoms with Crippen LogP contribution in [0, 0.1) is 20.8 Å². The maximum absolute atomic E-state index is 3.85. The lowest BCUT2D eigenvalue weighted by atomic mass is 9.96. The average Bonchev–Trinajstić information content (AvgIpc) is 2.36. The third-order valence-corrected chi connectivity index (χ3v) is 5.67. The van der Waals surface area contributed by atoms with Gasteiger partial charge in [-0.2, -0.15) is 0 Å². The smallest absolute Gasteiger partial charge is 0.0650 e. The summed E-state index contributed by atoms with van der Waals surface area (Å²) in [5.41, 5.74) is 6.47. The molecular weight excluding hydrogens is 432 g/mol. The summed E-state index contributed by atoms with van der Waals surface area (Å²) in [5.74, 6) is 0. The van der Waals surface area contributed by atoms with Gasteiger partial charge in [0.05, 0.1) is 4.83 Å². The Balaban J connectivity index is 2.52. The molecule has 0 amide bonds. The summed E-state index contributed by atoms with van der Waals surface area (Å²) in [6.07, 6.45) is 0. The lowest BCUT2D eigenvalue weighted by molar-refractivity contribution is 1.10. The van der Waals surface area contributed by atoms with Gasteiger partial charge in [0, 0.05) is 8.95 Å². The lowest BCUT2D eigenvalue weighted by Crippen LogP contribution is -1.99. The molecule has 1 atom stereocenters. The molecule has 0 aliphatic heterocycles. The van der Waals surface area contributed by atoms with Crippen LogP contribution in [0.4, 0.5) is 0 Å². The van der Waals surface area contributed by atoms with Crippen molar-refractivity contribution in [3.63, 3.8) is 0 Å². The fraction of sp³-hybridized carbons (Fsp3) is 0.250. The summed E-state index contributed by atoms with van der Waals surface area (Å²) in [7, 11) is 0. The Morgan fingerprint density at radius 2 is 1.42 bits per heavy atom. The average molecular weight is 447 g/mol. The van der Waals surface area contributed by atoms with Crippen molar-refractivity contribution in [3.05, 3.63) is 67.1 Å². The highest BCUT2D eigenvalue weighted by Gasteiger charge is 2.16. The van der Waals surface area contributed by atoms with Gasteiger partial charge in [0.2, 0.25) is 0 Å². The first-order chi connectivity index (χ1) is 8.90. The standard InChI is InChI=1S/C16H15Br3/c1-9-4-5-12(17)8-14(9)16(19)13-6-11(3)15(18)7-10(13)2/h4-8,16H,1-3H3. The highest BCUT2D eigenvalue weighted by atomic mass is 79.9. The van der Waals surface area contributed by atoms with Gasteiger partial charge in [0.1, 0.15) is 0 Å². The van der Waals surface area contributed by atoms with E-state index in [1.54, 1.807) is 0 Å². The minimum Gasteiger partial charge on any atom is -0.0786 e. The normalized spacial score (nSPS) is 12.5. The van der Waals surface area contributed by atoms with Gasteiger partial charge >= 0.3 is 0 Å². The van der Waals surface area contributed by atoms with Gasteiger partial charge < -0.3 is 0 Å². The third-order valence-electron chi connectivity index (χ3n) is 3.33. The number of hydrogen-bond donors (Lipinski definition) is 0. The second-order valence-electron chi connectivity index (χ2n) is 4.82. The molecule has 0 heterocycles. The molecule has 0 bridgehead atoms. The van der Waals surface area contributed by atoms with Crippen LogP contribution in [0.2, 0.25) is 0 Å². The van der Waals surface area contributed by atoms with E-state index in [0.717, 1.165) is 4.47 Å². The minimum atomic E-state index is 0.219. The zero-order valence-electron chi connectivity index (χ0n) is 11.1. The predicted octanol–water partition coefficient (Wildman–Crippen LogP) is 6.62. The molecule has 0 saturated heterocycles. The van der Waals surface area contributed by atoms with Gasteiger partial charge in [0.25, 0.3) is 0 Å². The number of benzene rings is 2. The van der Waals surface area contributed by atoms with Crippen LogP contribution in [-0.4, -0.2) is 0 Å². The summed E-state index contributed by atoms with van der Waals surface area (Å²) in [4.78, 5) is 0.219. The molecule has 0 fully saturated rings. The fourth-order valence-corrected chi connectivity index (χ4v) is 3.95. The molecular formula is C16H15Br3. The van der Waals surface area contributed by atoms with E-state index >= 15 is 0 Å². The Bertz CT molecular complexity index is 618. The van der Waals surface area contributed by atoms with E-state index in [1.807, 2.05) is 0 Å². The third kappa shape index (κ3) is 3.32. The van der Waals surface area contributed by atoms with E-state index in [2.05, 4.69) is 98.9 Å². The molecule has 0 aromatic heterocycles. The van der Waals surface area contributed by atoms with E-state index in [4.69, 9.17) is 0 Å².